The minimum Gasteiger partial charge on any atom is -0.352 e. The van der Waals surface area contributed by atoms with Crippen molar-refractivity contribution >= 4 is 21.9 Å². The first-order valence-corrected chi connectivity index (χ1v) is 9.00. The van der Waals surface area contributed by atoms with Crippen molar-refractivity contribution in [3.05, 3.63) is 34.1 Å². The van der Waals surface area contributed by atoms with E-state index in [0.29, 0.717) is 18.5 Å². The van der Waals surface area contributed by atoms with Crippen LogP contribution < -0.4 is 10.6 Å². The van der Waals surface area contributed by atoms with Crippen molar-refractivity contribution < 1.29 is 4.39 Å². The maximum absolute atomic E-state index is 13.4. The molecule has 1 heterocycles. The fourth-order valence-corrected chi connectivity index (χ4v) is 3.71. The lowest BCUT2D eigenvalue weighted by molar-refractivity contribution is 0.315. The molecule has 0 aromatic heterocycles. The fourth-order valence-electron chi connectivity index (χ4n) is 3.20. The topological polar surface area (TPSA) is 39.7 Å². The fraction of sp³-hybridized carbons (Fsp3) is 0.588. The number of hydrogen-bond donors (Lipinski definition) is 2. The third-order valence-electron chi connectivity index (χ3n) is 4.63. The Morgan fingerprint density at radius 2 is 2.13 bits per heavy atom. The second-order valence-electron chi connectivity index (χ2n) is 6.62. The van der Waals surface area contributed by atoms with Crippen molar-refractivity contribution in [3.8, 4) is 0 Å². The van der Waals surface area contributed by atoms with Crippen molar-refractivity contribution in [3.63, 3.8) is 0 Å². The summed E-state index contributed by atoms with van der Waals surface area (Å²) < 4.78 is 14.2. The normalized spacial score (nSPS) is 25.7. The molecule has 1 aromatic rings. The number of rotatable bonds is 4. The zero-order chi connectivity index (χ0) is 16.4. The average Bonchev–Trinajstić information content (AvgIpc) is 3.27. The maximum atomic E-state index is 13.4. The van der Waals surface area contributed by atoms with Crippen LogP contribution in [-0.4, -0.2) is 43.1 Å². The van der Waals surface area contributed by atoms with Crippen LogP contribution in [0.4, 0.5) is 4.39 Å². The van der Waals surface area contributed by atoms with Gasteiger partial charge >= 0.3 is 0 Å². The Balaban J connectivity index is 1.53. The van der Waals surface area contributed by atoms with Crippen molar-refractivity contribution in [2.75, 3.05) is 20.1 Å². The molecular formula is C17H24BrFN4. The highest BCUT2D eigenvalue weighted by atomic mass is 79.9. The van der Waals surface area contributed by atoms with Gasteiger partial charge in [0.15, 0.2) is 5.96 Å². The van der Waals surface area contributed by atoms with E-state index >= 15 is 0 Å². The molecule has 2 aliphatic rings. The van der Waals surface area contributed by atoms with Crippen LogP contribution >= 0.6 is 15.9 Å². The maximum Gasteiger partial charge on any atom is 0.191 e. The summed E-state index contributed by atoms with van der Waals surface area (Å²) >= 11 is 3.32. The molecule has 0 radical (unpaired) electrons. The van der Waals surface area contributed by atoms with E-state index < -0.39 is 0 Å². The van der Waals surface area contributed by atoms with Crippen LogP contribution in [0, 0.1) is 11.7 Å². The highest BCUT2D eigenvalue weighted by molar-refractivity contribution is 9.10. The van der Waals surface area contributed by atoms with Gasteiger partial charge in [-0.1, -0.05) is 22.9 Å². The number of guanidine groups is 1. The summed E-state index contributed by atoms with van der Waals surface area (Å²) in [5, 5.41) is 6.80. The van der Waals surface area contributed by atoms with Crippen LogP contribution in [0.1, 0.15) is 25.3 Å². The van der Waals surface area contributed by atoms with Gasteiger partial charge in [-0.3, -0.25) is 9.89 Å². The Morgan fingerprint density at radius 1 is 1.35 bits per heavy atom. The van der Waals surface area contributed by atoms with Gasteiger partial charge in [-0.25, -0.2) is 4.39 Å². The van der Waals surface area contributed by atoms with E-state index in [-0.39, 0.29) is 5.82 Å². The summed E-state index contributed by atoms with van der Waals surface area (Å²) in [5.41, 5.74) is 0.888. The molecule has 1 saturated carbocycles. The minimum atomic E-state index is -0.233. The van der Waals surface area contributed by atoms with Gasteiger partial charge in [-0.05, 0) is 42.5 Å². The quantitative estimate of drug-likeness (QED) is 0.621. The summed E-state index contributed by atoms with van der Waals surface area (Å²) in [4.78, 5) is 6.88. The van der Waals surface area contributed by atoms with E-state index in [0.717, 1.165) is 35.1 Å². The number of halogens is 2. The Morgan fingerprint density at radius 3 is 2.78 bits per heavy atom. The lowest BCUT2D eigenvalue weighted by Gasteiger charge is -2.20. The monoisotopic (exact) mass is 382 g/mol. The zero-order valence-electron chi connectivity index (χ0n) is 13.6. The molecule has 126 valence electrons. The van der Waals surface area contributed by atoms with Gasteiger partial charge in [-0.15, -0.1) is 0 Å². The number of benzene rings is 1. The van der Waals surface area contributed by atoms with Crippen molar-refractivity contribution in [2.45, 2.75) is 38.4 Å². The molecule has 0 bridgehead atoms. The Kier molecular flexibility index (Phi) is 5.21. The molecule has 0 spiro atoms. The number of aliphatic imine (C=N–C) groups is 1. The van der Waals surface area contributed by atoms with Gasteiger partial charge < -0.3 is 10.6 Å². The predicted molar refractivity (Wildman–Crippen MR) is 95.0 cm³/mol. The average molecular weight is 383 g/mol. The smallest absolute Gasteiger partial charge is 0.191 e. The molecule has 1 aliphatic carbocycles. The van der Waals surface area contributed by atoms with Crippen molar-refractivity contribution in [1.29, 1.82) is 0 Å². The van der Waals surface area contributed by atoms with Gasteiger partial charge in [-0.2, -0.15) is 0 Å². The molecule has 1 saturated heterocycles. The van der Waals surface area contributed by atoms with Crippen molar-refractivity contribution in [1.82, 2.24) is 15.5 Å². The number of hydrogen-bond acceptors (Lipinski definition) is 2. The summed E-state index contributed by atoms with van der Waals surface area (Å²) in [6, 6.07) is 6.14. The molecule has 2 N–H and O–H groups in total. The van der Waals surface area contributed by atoms with E-state index in [1.165, 1.54) is 25.0 Å². The zero-order valence-corrected chi connectivity index (χ0v) is 15.2. The summed E-state index contributed by atoms with van der Waals surface area (Å²) in [6.07, 6.45) is 2.70. The van der Waals surface area contributed by atoms with Crippen LogP contribution in [-0.2, 0) is 6.54 Å². The largest absolute Gasteiger partial charge is 0.352 e. The molecule has 2 unspecified atom stereocenters. The Bertz CT molecular complexity index is 568. The minimum absolute atomic E-state index is 0.233. The molecular weight excluding hydrogens is 359 g/mol. The van der Waals surface area contributed by atoms with Crippen LogP contribution in [0.5, 0.6) is 0 Å². The predicted octanol–water partition coefficient (Wildman–Crippen LogP) is 2.74. The van der Waals surface area contributed by atoms with Crippen molar-refractivity contribution in [2.24, 2.45) is 10.9 Å². The second-order valence-corrected chi connectivity index (χ2v) is 7.53. The van der Waals surface area contributed by atoms with Gasteiger partial charge in [0.25, 0.3) is 0 Å². The lowest BCUT2D eigenvalue weighted by Crippen LogP contribution is -2.46. The SMILES string of the molecule is CN=C(NCc1cc(F)cc(Br)c1)NC1CN(C2CC2)CC1C. The Labute approximate surface area is 145 Å². The molecule has 2 atom stereocenters. The highest BCUT2D eigenvalue weighted by Crippen LogP contribution is 2.31. The number of nitrogens with one attached hydrogen (secondary N) is 2. The van der Waals surface area contributed by atoms with Gasteiger partial charge in [0.1, 0.15) is 5.82 Å². The first-order valence-electron chi connectivity index (χ1n) is 8.21. The van der Waals surface area contributed by atoms with Crippen LogP contribution in [0.25, 0.3) is 0 Å². The molecule has 1 aliphatic heterocycles. The van der Waals surface area contributed by atoms with Gasteiger partial charge in [0.05, 0.1) is 0 Å². The standard InChI is InChI=1S/C17H24BrFN4/c1-11-9-23(15-3-4-15)10-16(11)22-17(20-2)21-8-12-5-13(18)7-14(19)6-12/h5-7,11,15-16H,3-4,8-10H2,1-2H3,(H2,20,21,22). The van der Waals surface area contributed by atoms with E-state index in [1.54, 1.807) is 7.05 Å². The molecule has 0 amide bonds. The molecule has 1 aromatic carbocycles. The molecule has 23 heavy (non-hydrogen) atoms. The second kappa shape index (κ2) is 7.18. The molecule has 3 rings (SSSR count). The van der Waals surface area contributed by atoms with E-state index in [1.807, 2.05) is 6.07 Å². The third kappa shape index (κ3) is 4.44. The van der Waals surface area contributed by atoms with Crippen LogP contribution in [0.3, 0.4) is 0 Å². The van der Waals surface area contributed by atoms with Crippen LogP contribution in [0.15, 0.2) is 27.7 Å². The highest BCUT2D eigenvalue weighted by Gasteiger charge is 2.38. The van der Waals surface area contributed by atoms with E-state index in [2.05, 4.69) is 43.4 Å². The number of likely N-dealkylation sites (tertiary alicyclic amines) is 1. The Hall–Kier alpha value is -1.14. The lowest BCUT2D eigenvalue weighted by atomic mass is 10.1. The van der Waals surface area contributed by atoms with Gasteiger partial charge in [0, 0.05) is 43.2 Å². The van der Waals surface area contributed by atoms with Gasteiger partial charge in [0.2, 0.25) is 0 Å². The molecule has 6 heteroatoms. The molecule has 2 fully saturated rings. The van der Waals surface area contributed by atoms with E-state index in [4.69, 9.17) is 0 Å². The van der Waals surface area contributed by atoms with Crippen LogP contribution in [0.2, 0.25) is 0 Å². The first-order chi connectivity index (χ1) is 11.0. The van der Waals surface area contributed by atoms with E-state index in [9.17, 15) is 4.39 Å². The summed E-state index contributed by atoms with van der Waals surface area (Å²) in [6.45, 7) is 5.08. The summed E-state index contributed by atoms with van der Waals surface area (Å²) in [5.74, 6) is 1.15. The molecule has 4 nitrogen and oxygen atoms in total. The summed E-state index contributed by atoms with van der Waals surface area (Å²) in [7, 11) is 1.77. The first kappa shape index (κ1) is 16.7. The third-order valence-corrected chi connectivity index (χ3v) is 5.09. The number of nitrogens with zero attached hydrogens (tertiary/aromatic N) is 2.